The highest BCUT2D eigenvalue weighted by Crippen LogP contribution is 2.24. The highest BCUT2D eigenvalue weighted by atomic mass is 16.5. The van der Waals surface area contributed by atoms with Gasteiger partial charge in [0, 0.05) is 25.0 Å². The largest absolute Gasteiger partial charge is 0.492 e. The number of aryl methyl sites for hydroxylation is 1. The number of urea groups is 1. The van der Waals surface area contributed by atoms with Gasteiger partial charge in [-0.05, 0) is 45.0 Å². The van der Waals surface area contributed by atoms with E-state index < -0.39 is 0 Å². The molecule has 5 heteroatoms. The highest BCUT2D eigenvalue weighted by Gasteiger charge is 2.19. The van der Waals surface area contributed by atoms with Crippen LogP contribution in [0.5, 0.6) is 5.75 Å². The average molecular weight is 315 g/mol. The molecule has 0 aliphatic carbocycles. The van der Waals surface area contributed by atoms with Gasteiger partial charge in [-0.2, -0.15) is 0 Å². The van der Waals surface area contributed by atoms with Crippen molar-refractivity contribution in [3.8, 4) is 5.75 Å². The predicted molar refractivity (Wildman–Crippen MR) is 92.7 cm³/mol. The van der Waals surface area contributed by atoms with Crippen molar-refractivity contribution in [1.29, 1.82) is 0 Å². The monoisotopic (exact) mass is 315 g/mol. The van der Waals surface area contributed by atoms with E-state index in [0.29, 0.717) is 24.6 Å². The van der Waals surface area contributed by atoms with Gasteiger partial charge in [-0.15, -0.1) is 0 Å². The maximum absolute atomic E-state index is 12.7. The number of amides is 2. The molecule has 5 nitrogen and oxygen atoms in total. The van der Waals surface area contributed by atoms with Crippen LogP contribution in [0.15, 0.2) is 42.6 Å². The number of carbonyl (C=O) groups excluding carboxylic acids is 1. The summed E-state index contributed by atoms with van der Waals surface area (Å²) in [5, 5.41) is 2.96. The van der Waals surface area contributed by atoms with Crippen LogP contribution in [-0.4, -0.2) is 28.1 Å². The first kappa shape index (κ1) is 16.9. The van der Waals surface area contributed by atoms with Gasteiger partial charge in [0.2, 0.25) is 0 Å². The van der Waals surface area contributed by atoms with Gasteiger partial charge in [0.25, 0.3) is 0 Å². The molecule has 0 saturated carbocycles. The minimum atomic E-state index is -0.131. The van der Waals surface area contributed by atoms with Gasteiger partial charge in [0.05, 0.1) is 18.8 Å². The van der Waals surface area contributed by atoms with Crippen LogP contribution >= 0.6 is 0 Å². The fourth-order valence-corrected chi connectivity index (χ4v) is 2.36. The number of hydrogen-bond donors (Lipinski definition) is 1. The summed E-state index contributed by atoms with van der Waals surface area (Å²) in [4.78, 5) is 14.5. The second kappa shape index (κ2) is 7.72. The Morgan fingerprint density at radius 1 is 1.26 bits per heavy atom. The molecule has 1 N–H and O–H groups in total. The van der Waals surface area contributed by atoms with Crippen LogP contribution in [0.4, 0.5) is 10.5 Å². The molecular formula is C18H25N3O2. The Kier molecular flexibility index (Phi) is 5.68. The molecule has 0 bridgehead atoms. The zero-order valence-electron chi connectivity index (χ0n) is 14.2. The second-order valence-electron chi connectivity index (χ2n) is 5.69. The number of ether oxygens (including phenoxy) is 1. The smallest absolute Gasteiger partial charge is 0.322 e. The van der Waals surface area contributed by atoms with Crippen molar-refractivity contribution in [3.05, 3.63) is 48.3 Å². The number of para-hydroxylation sites is 2. The van der Waals surface area contributed by atoms with Gasteiger partial charge >= 0.3 is 6.03 Å². The van der Waals surface area contributed by atoms with Crippen LogP contribution < -0.4 is 10.1 Å². The van der Waals surface area contributed by atoms with Gasteiger partial charge in [-0.1, -0.05) is 12.1 Å². The first-order valence-corrected chi connectivity index (χ1v) is 7.92. The molecule has 0 radical (unpaired) electrons. The lowest BCUT2D eigenvalue weighted by atomic mass is 10.2. The summed E-state index contributed by atoms with van der Waals surface area (Å²) in [6.45, 7) is 7.07. The molecule has 2 rings (SSSR count). The minimum absolute atomic E-state index is 0.0872. The third-order valence-corrected chi connectivity index (χ3v) is 3.70. The number of anilines is 1. The Bertz CT molecular complexity index is 649. The first-order valence-electron chi connectivity index (χ1n) is 7.92. The van der Waals surface area contributed by atoms with E-state index in [1.807, 2.05) is 75.0 Å². The summed E-state index contributed by atoms with van der Waals surface area (Å²) in [7, 11) is 1.98. The Balaban J connectivity index is 2.14. The number of hydrogen-bond acceptors (Lipinski definition) is 2. The van der Waals surface area contributed by atoms with Crippen molar-refractivity contribution >= 4 is 11.7 Å². The zero-order valence-corrected chi connectivity index (χ0v) is 14.2. The number of benzene rings is 1. The lowest BCUT2D eigenvalue weighted by Crippen LogP contribution is -2.40. The van der Waals surface area contributed by atoms with E-state index in [2.05, 4.69) is 5.32 Å². The maximum atomic E-state index is 12.7. The standard InChI is InChI=1S/C18H25N3O2/c1-5-23-17-11-7-6-10-16(17)19-18(22)21(14(2)3)13-15-9-8-12-20(15)4/h6-12,14H,5,13H2,1-4H3,(H,19,22). The summed E-state index contributed by atoms with van der Waals surface area (Å²) in [6, 6.07) is 11.4. The molecule has 0 saturated heterocycles. The van der Waals surface area contributed by atoms with Crippen LogP contribution in [0.25, 0.3) is 0 Å². The quantitative estimate of drug-likeness (QED) is 0.879. The predicted octanol–water partition coefficient (Wildman–Crippen LogP) is 3.87. The molecule has 0 aliphatic rings. The molecule has 0 spiro atoms. The number of rotatable bonds is 6. The summed E-state index contributed by atoms with van der Waals surface area (Å²) < 4.78 is 7.59. The molecule has 0 atom stereocenters. The number of aromatic nitrogens is 1. The Hall–Kier alpha value is -2.43. The molecule has 2 amide bonds. The number of nitrogens with zero attached hydrogens (tertiary/aromatic N) is 2. The minimum Gasteiger partial charge on any atom is -0.492 e. The van der Waals surface area contributed by atoms with E-state index >= 15 is 0 Å². The van der Waals surface area contributed by atoms with Gasteiger partial charge in [0.15, 0.2) is 0 Å². The van der Waals surface area contributed by atoms with Crippen LogP contribution in [0.1, 0.15) is 26.5 Å². The van der Waals surface area contributed by atoms with Gasteiger partial charge in [-0.25, -0.2) is 4.79 Å². The molecule has 1 aromatic heterocycles. The maximum Gasteiger partial charge on any atom is 0.322 e. The fourth-order valence-electron chi connectivity index (χ4n) is 2.36. The van der Waals surface area contributed by atoms with E-state index in [1.165, 1.54) is 0 Å². The van der Waals surface area contributed by atoms with E-state index in [1.54, 1.807) is 4.90 Å². The van der Waals surface area contributed by atoms with Crippen LogP contribution in [0.3, 0.4) is 0 Å². The zero-order chi connectivity index (χ0) is 16.8. The van der Waals surface area contributed by atoms with Crippen molar-refractivity contribution in [1.82, 2.24) is 9.47 Å². The normalized spacial score (nSPS) is 10.7. The van der Waals surface area contributed by atoms with E-state index in [4.69, 9.17) is 4.74 Å². The molecular weight excluding hydrogens is 290 g/mol. The van der Waals surface area contributed by atoms with E-state index in [-0.39, 0.29) is 12.1 Å². The number of carbonyl (C=O) groups is 1. The van der Waals surface area contributed by atoms with Crippen molar-refractivity contribution in [2.75, 3.05) is 11.9 Å². The molecule has 124 valence electrons. The van der Waals surface area contributed by atoms with Crippen LogP contribution in [-0.2, 0) is 13.6 Å². The van der Waals surface area contributed by atoms with Crippen molar-refractivity contribution < 1.29 is 9.53 Å². The summed E-state index contributed by atoms with van der Waals surface area (Å²) in [5.74, 6) is 0.686. The van der Waals surface area contributed by atoms with Crippen LogP contribution in [0, 0.1) is 0 Å². The molecule has 0 aliphatic heterocycles. The van der Waals surface area contributed by atoms with Gasteiger partial charge in [-0.3, -0.25) is 0 Å². The topological polar surface area (TPSA) is 46.5 Å². The number of nitrogens with one attached hydrogen (secondary N) is 1. The Morgan fingerprint density at radius 3 is 2.61 bits per heavy atom. The molecule has 1 aromatic carbocycles. The van der Waals surface area contributed by atoms with Crippen LogP contribution in [0.2, 0.25) is 0 Å². The Labute approximate surface area is 137 Å². The first-order chi connectivity index (χ1) is 11.0. The third-order valence-electron chi connectivity index (χ3n) is 3.70. The van der Waals surface area contributed by atoms with Crippen molar-refractivity contribution in [3.63, 3.8) is 0 Å². The Morgan fingerprint density at radius 2 is 2.00 bits per heavy atom. The van der Waals surface area contributed by atoms with Gasteiger partial charge in [0.1, 0.15) is 5.75 Å². The van der Waals surface area contributed by atoms with E-state index in [9.17, 15) is 4.79 Å². The lowest BCUT2D eigenvalue weighted by molar-refractivity contribution is 0.192. The molecule has 2 aromatic rings. The summed E-state index contributed by atoms with van der Waals surface area (Å²) in [5.41, 5.74) is 1.78. The van der Waals surface area contributed by atoms with Crippen molar-refractivity contribution in [2.45, 2.75) is 33.4 Å². The molecule has 23 heavy (non-hydrogen) atoms. The molecule has 0 unspecified atom stereocenters. The SMILES string of the molecule is CCOc1ccccc1NC(=O)N(Cc1cccn1C)C(C)C. The average Bonchev–Trinajstić information content (AvgIpc) is 2.91. The lowest BCUT2D eigenvalue weighted by Gasteiger charge is -2.27. The fraction of sp³-hybridized carbons (Fsp3) is 0.389. The molecule has 1 heterocycles. The summed E-state index contributed by atoms with van der Waals surface area (Å²) >= 11 is 0. The van der Waals surface area contributed by atoms with Crippen molar-refractivity contribution in [2.24, 2.45) is 7.05 Å². The van der Waals surface area contributed by atoms with E-state index in [0.717, 1.165) is 5.69 Å². The van der Waals surface area contributed by atoms with Gasteiger partial charge < -0.3 is 19.5 Å². The third kappa shape index (κ3) is 4.28. The summed E-state index contributed by atoms with van der Waals surface area (Å²) in [6.07, 6.45) is 1.98. The second-order valence-corrected chi connectivity index (χ2v) is 5.69. The highest BCUT2D eigenvalue weighted by molar-refractivity contribution is 5.91. The molecule has 0 fully saturated rings.